The second-order valence-corrected chi connectivity index (χ2v) is 4.27. The predicted molar refractivity (Wildman–Crippen MR) is 74.6 cm³/mol. The molecule has 0 N–H and O–H groups in total. The minimum Gasteiger partial charge on any atom is -0.255 e. The normalized spacial score (nSPS) is 10.9. The molecule has 16 heavy (non-hydrogen) atoms. The molecule has 0 aliphatic heterocycles. The van der Waals surface area contributed by atoms with E-state index in [0.717, 1.165) is 21.0 Å². The van der Waals surface area contributed by atoms with Gasteiger partial charge in [-0.05, 0) is 18.2 Å². The first-order valence-corrected chi connectivity index (χ1v) is 5.77. The van der Waals surface area contributed by atoms with E-state index in [0.29, 0.717) is 0 Å². The van der Waals surface area contributed by atoms with E-state index in [1.165, 1.54) is 0 Å². The van der Waals surface area contributed by atoms with Gasteiger partial charge in [-0.2, -0.15) is 0 Å². The van der Waals surface area contributed by atoms with Gasteiger partial charge >= 0.3 is 0 Å². The van der Waals surface area contributed by atoms with Crippen LogP contribution in [0.1, 0.15) is 5.56 Å². The fraction of sp³-hybridized carbons (Fsp3) is 0. The number of benzene rings is 2. The molecule has 2 aromatic carbocycles. The Labute approximate surface area is 106 Å². The summed E-state index contributed by atoms with van der Waals surface area (Å²) in [5, 5.41) is 0. The molecule has 1 nitrogen and oxygen atoms in total. The van der Waals surface area contributed by atoms with Crippen molar-refractivity contribution in [3.63, 3.8) is 0 Å². The van der Waals surface area contributed by atoms with Crippen LogP contribution in [0.4, 0.5) is 5.69 Å². The molecule has 0 spiro atoms. The molecular formula is C13H11NS2. The maximum atomic E-state index is 4.39. The monoisotopic (exact) mass is 245 g/mol. The van der Waals surface area contributed by atoms with E-state index in [9.17, 15) is 0 Å². The molecule has 0 aliphatic carbocycles. The lowest BCUT2D eigenvalue weighted by atomic mass is 10.2. The van der Waals surface area contributed by atoms with Crippen molar-refractivity contribution in [1.29, 1.82) is 0 Å². The summed E-state index contributed by atoms with van der Waals surface area (Å²) < 4.78 is 0. The molecule has 0 heterocycles. The number of nitrogens with zero attached hydrogens (tertiary/aromatic N) is 1. The van der Waals surface area contributed by atoms with Crippen molar-refractivity contribution >= 4 is 37.2 Å². The number of aliphatic imine (C=N–C) groups is 1. The summed E-state index contributed by atoms with van der Waals surface area (Å²) in [7, 11) is 0. The molecule has 0 saturated heterocycles. The van der Waals surface area contributed by atoms with Gasteiger partial charge in [0.05, 0.1) is 5.69 Å². The highest BCUT2D eigenvalue weighted by atomic mass is 32.1. The van der Waals surface area contributed by atoms with E-state index in [1.54, 1.807) is 6.21 Å². The van der Waals surface area contributed by atoms with Gasteiger partial charge in [0, 0.05) is 21.6 Å². The van der Waals surface area contributed by atoms with E-state index in [-0.39, 0.29) is 0 Å². The Bertz CT molecular complexity index is 473. The van der Waals surface area contributed by atoms with Crippen LogP contribution in [0.2, 0.25) is 0 Å². The maximum Gasteiger partial charge on any atom is 0.0763 e. The summed E-state index contributed by atoms with van der Waals surface area (Å²) in [6.07, 6.45) is 1.80. The molecular weight excluding hydrogens is 234 g/mol. The Hall–Kier alpha value is -1.19. The van der Waals surface area contributed by atoms with Gasteiger partial charge in [-0.1, -0.05) is 30.3 Å². The molecule has 0 radical (unpaired) electrons. The number of rotatable bonds is 2. The topological polar surface area (TPSA) is 12.4 Å². The molecule has 2 aromatic rings. The van der Waals surface area contributed by atoms with E-state index >= 15 is 0 Å². The second kappa shape index (κ2) is 5.23. The van der Waals surface area contributed by atoms with Crippen LogP contribution in [0.3, 0.4) is 0 Å². The van der Waals surface area contributed by atoms with Crippen molar-refractivity contribution in [3.05, 3.63) is 54.1 Å². The van der Waals surface area contributed by atoms with Gasteiger partial charge in [0.25, 0.3) is 0 Å². The fourth-order valence-corrected chi connectivity index (χ4v) is 1.75. The van der Waals surface area contributed by atoms with Gasteiger partial charge in [-0.15, -0.1) is 25.3 Å². The van der Waals surface area contributed by atoms with Crippen molar-refractivity contribution in [3.8, 4) is 0 Å². The fourth-order valence-electron chi connectivity index (χ4n) is 1.31. The average Bonchev–Trinajstić information content (AvgIpc) is 2.30. The van der Waals surface area contributed by atoms with Gasteiger partial charge in [0.1, 0.15) is 0 Å². The highest BCUT2D eigenvalue weighted by molar-refractivity contribution is 7.80. The lowest BCUT2D eigenvalue weighted by molar-refractivity contribution is 1.37. The smallest absolute Gasteiger partial charge is 0.0763 e. The van der Waals surface area contributed by atoms with Crippen molar-refractivity contribution in [2.75, 3.05) is 0 Å². The van der Waals surface area contributed by atoms with Crippen LogP contribution >= 0.6 is 25.3 Å². The standard InChI is InChI=1S/C13H11NS2/c15-12-7-3-1-5-10(12)9-14-11-6-2-4-8-13(11)16/h1-9,15-16H. The minimum atomic E-state index is 0.863. The highest BCUT2D eigenvalue weighted by Gasteiger charge is 1.95. The Balaban J connectivity index is 2.29. The average molecular weight is 245 g/mol. The van der Waals surface area contributed by atoms with Crippen molar-refractivity contribution in [1.82, 2.24) is 0 Å². The second-order valence-electron chi connectivity index (χ2n) is 3.31. The summed E-state index contributed by atoms with van der Waals surface area (Å²) in [5.41, 5.74) is 1.87. The van der Waals surface area contributed by atoms with Crippen LogP contribution in [0.5, 0.6) is 0 Å². The van der Waals surface area contributed by atoms with Crippen LogP contribution in [0.25, 0.3) is 0 Å². The Kier molecular flexibility index (Phi) is 3.70. The van der Waals surface area contributed by atoms with E-state index < -0.39 is 0 Å². The lowest BCUT2D eigenvalue weighted by Gasteiger charge is -1.99. The summed E-state index contributed by atoms with van der Waals surface area (Å²) in [4.78, 5) is 6.18. The number of hydrogen-bond donors (Lipinski definition) is 2. The molecule has 2 rings (SSSR count). The zero-order valence-corrected chi connectivity index (χ0v) is 10.3. The summed E-state index contributed by atoms with van der Waals surface area (Å²) in [6.45, 7) is 0. The molecule has 0 aromatic heterocycles. The first-order valence-electron chi connectivity index (χ1n) is 4.87. The molecule has 3 heteroatoms. The Morgan fingerprint density at radius 2 is 1.44 bits per heavy atom. The van der Waals surface area contributed by atoms with E-state index in [4.69, 9.17) is 0 Å². The zero-order chi connectivity index (χ0) is 11.4. The van der Waals surface area contributed by atoms with Gasteiger partial charge in [0.15, 0.2) is 0 Å². The molecule has 0 bridgehead atoms. The third-order valence-corrected chi connectivity index (χ3v) is 2.95. The third-order valence-electron chi connectivity index (χ3n) is 2.16. The molecule has 0 amide bonds. The molecule has 0 saturated carbocycles. The van der Waals surface area contributed by atoms with Crippen molar-refractivity contribution in [2.45, 2.75) is 9.79 Å². The summed E-state index contributed by atoms with van der Waals surface area (Å²) in [5.74, 6) is 0. The number of para-hydroxylation sites is 1. The summed E-state index contributed by atoms with van der Waals surface area (Å²) >= 11 is 8.70. The van der Waals surface area contributed by atoms with Gasteiger partial charge < -0.3 is 0 Å². The zero-order valence-electron chi connectivity index (χ0n) is 8.54. The number of hydrogen-bond acceptors (Lipinski definition) is 3. The SMILES string of the molecule is Sc1ccccc1C=Nc1ccccc1S. The molecule has 0 fully saturated rings. The highest BCUT2D eigenvalue weighted by Crippen LogP contribution is 2.22. The van der Waals surface area contributed by atoms with Gasteiger partial charge in [-0.25, -0.2) is 0 Å². The third kappa shape index (κ3) is 2.68. The predicted octanol–water partition coefficient (Wildman–Crippen LogP) is 4.01. The molecule has 0 unspecified atom stereocenters. The molecule has 0 aliphatic rings. The molecule has 80 valence electrons. The summed E-state index contributed by atoms with van der Waals surface area (Å²) in [6, 6.07) is 15.6. The first-order chi connectivity index (χ1) is 7.77. The maximum absolute atomic E-state index is 4.39. The van der Waals surface area contributed by atoms with Crippen LogP contribution in [0, 0.1) is 0 Å². The minimum absolute atomic E-state index is 0.863. The largest absolute Gasteiger partial charge is 0.255 e. The van der Waals surface area contributed by atoms with Crippen LogP contribution in [0.15, 0.2) is 63.3 Å². The van der Waals surface area contributed by atoms with E-state index in [1.807, 2.05) is 48.5 Å². The first kappa shape index (κ1) is 11.3. The van der Waals surface area contributed by atoms with Crippen molar-refractivity contribution < 1.29 is 0 Å². The number of thiol groups is 2. The quantitative estimate of drug-likeness (QED) is 0.586. The molecule has 0 atom stereocenters. The van der Waals surface area contributed by atoms with Gasteiger partial charge in [0.2, 0.25) is 0 Å². The Morgan fingerprint density at radius 3 is 2.12 bits per heavy atom. The lowest BCUT2D eigenvalue weighted by Crippen LogP contribution is -1.82. The van der Waals surface area contributed by atoms with Gasteiger partial charge in [-0.3, -0.25) is 4.99 Å². The van der Waals surface area contributed by atoms with E-state index in [2.05, 4.69) is 30.2 Å². The Morgan fingerprint density at radius 1 is 0.812 bits per heavy atom. The van der Waals surface area contributed by atoms with Crippen LogP contribution < -0.4 is 0 Å². The van der Waals surface area contributed by atoms with Crippen LogP contribution in [-0.2, 0) is 0 Å². The van der Waals surface area contributed by atoms with Crippen molar-refractivity contribution in [2.24, 2.45) is 4.99 Å². The van der Waals surface area contributed by atoms with Crippen LogP contribution in [-0.4, -0.2) is 6.21 Å².